The third kappa shape index (κ3) is 5.29. The Bertz CT molecular complexity index is 525. The number of rotatable bonds is 9. The minimum Gasteiger partial charge on any atom is -0.480 e. The molecule has 1 aliphatic rings. The molecule has 1 aliphatic heterocycles. The molecule has 0 radical (unpaired) electrons. The first-order chi connectivity index (χ1) is 10.9. The number of hydrogen-bond donors (Lipinski definition) is 4. The maximum absolute atomic E-state index is 11.5. The third-order valence-corrected chi connectivity index (χ3v) is 5.55. The first-order valence-electron chi connectivity index (χ1n) is 8.07. The molecule has 0 saturated carbocycles. The SMILES string of the molecule is NC(CCCCB(O)O)(CCN1CCc2sccc2C1)C(=O)O. The van der Waals surface area contributed by atoms with Gasteiger partial charge in [0.1, 0.15) is 5.54 Å². The third-order valence-electron chi connectivity index (χ3n) is 4.52. The minimum absolute atomic E-state index is 0.253. The molecule has 5 N–H and O–H groups in total. The van der Waals surface area contributed by atoms with Crippen molar-refractivity contribution in [2.75, 3.05) is 13.1 Å². The van der Waals surface area contributed by atoms with Crippen molar-refractivity contribution in [2.24, 2.45) is 5.73 Å². The van der Waals surface area contributed by atoms with Crippen molar-refractivity contribution in [3.8, 4) is 0 Å². The van der Waals surface area contributed by atoms with Gasteiger partial charge in [-0.1, -0.05) is 12.8 Å². The van der Waals surface area contributed by atoms with E-state index >= 15 is 0 Å². The zero-order valence-electron chi connectivity index (χ0n) is 13.3. The predicted molar refractivity (Wildman–Crippen MR) is 91.3 cm³/mol. The highest BCUT2D eigenvalue weighted by Gasteiger charge is 2.34. The Hall–Kier alpha value is -0.925. The molecule has 23 heavy (non-hydrogen) atoms. The summed E-state index contributed by atoms with van der Waals surface area (Å²) >= 11 is 1.79. The molecule has 0 bridgehead atoms. The van der Waals surface area contributed by atoms with Crippen molar-refractivity contribution in [3.63, 3.8) is 0 Å². The average Bonchev–Trinajstić information content (AvgIpc) is 2.97. The van der Waals surface area contributed by atoms with Crippen LogP contribution in [-0.2, 0) is 17.8 Å². The van der Waals surface area contributed by atoms with Crippen molar-refractivity contribution < 1.29 is 19.9 Å². The molecule has 1 atom stereocenters. The van der Waals surface area contributed by atoms with E-state index in [0.29, 0.717) is 32.2 Å². The Morgan fingerprint density at radius 3 is 2.87 bits per heavy atom. The highest BCUT2D eigenvalue weighted by molar-refractivity contribution is 7.10. The Labute approximate surface area is 141 Å². The summed E-state index contributed by atoms with van der Waals surface area (Å²) in [6.45, 7) is 2.48. The Morgan fingerprint density at radius 1 is 1.39 bits per heavy atom. The van der Waals surface area contributed by atoms with E-state index in [9.17, 15) is 9.90 Å². The van der Waals surface area contributed by atoms with Gasteiger partial charge in [-0.25, -0.2) is 0 Å². The average molecular weight is 340 g/mol. The number of nitrogens with two attached hydrogens (primary N) is 1. The quantitative estimate of drug-likeness (QED) is 0.393. The Balaban J connectivity index is 1.81. The number of unbranched alkanes of at least 4 members (excludes halogenated alkanes) is 1. The summed E-state index contributed by atoms with van der Waals surface area (Å²) in [6, 6.07) is 2.14. The summed E-state index contributed by atoms with van der Waals surface area (Å²) in [4.78, 5) is 15.2. The first kappa shape index (κ1) is 18.4. The molecule has 0 spiro atoms. The van der Waals surface area contributed by atoms with Gasteiger partial charge >= 0.3 is 13.1 Å². The van der Waals surface area contributed by atoms with Crippen LogP contribution < -0.4 is 5.73 Å². The van der Waals surface area contributed by atoms with Crippen LogP contribution in [-0.4, -0.2) is 51.8 Å². The summed E-state index contributed by atoms with van der Waals surface area (Å²) < 4.78 is 0. The standard InChI is InChI=1S/C15H25BN2O4S/c17-15(14(19)20,5-1-2-7-16(21)22)6-9-18-8-3-13-12(11-18)4-10-23-13/h4,10,21-22H,1-3,5-9,11,17H2,(H,19,20). The number of aliphatic carboxylic acids is 1. The molecule has 8 heteroatoms. The van der Waals surface area contributed by atoms with Gasteiger partial charge in [-0.3, -0.25) is 9.69 Å². The van der Waals surface area contributed by atoms with Crippen LogP contribution in [0.4, 0.5) is 0 Å². The molecule has 1 aromatic heterocycles. The zero-order chi connectivity index (χ0) is 16.9. The van der Waals surface area contributed by atoms with E-state index in [2.05, 4.69) is 16.3 Å². The zero-order valence-corrected chi connectivity index (χ0v) is 14.1. The number of carboxylic acid groups (broad SMARTS) is 1. The largest absolute Gasteiger partial charge is 0.480 e. The van der Waals surface area contributed by atoms with Crippen LogP contribution >= 0.6 is 11.3 Å². The molecule has 128 valence electrons. The van der Waals surface area contributed by atoms with Crippen LogP contribution in [0.15, 0.2) is 11.4 Å². The molecule has 0 saturated heterocycles. The second-order valence-electron chi connectivity index (χ2n) is 6.33. The highest BCUT2D eigenvalue weighted by Crippen LogP contribution is 2.25. The molecule has 1 unspecified atom stereocenters. The Kier molecular flexibility index (Phi) is 6.61. The molecule has 2 rings (SSSR count). The summed E-state index contributed by atoms with van der Waals surface area (Å²) in [6.07, 6.45) is 3.17. The van der Waals surface area contributed by atoms with Crippen molar-refractivity contribution in [3.05, 3.63) is 21.9 Å². The number of nitrogens with zero attached hydrogens (tertiary/aromatic N) is 1. The van der Waals surface area contributed by atoms with Crippen LogP contribution in [0.25, 0.3) is 0 Å². The van der Waals surface area contributed by atoms with Gasteiger partial charge in [-0.15, -0.1) is 11.3 Å². The van der Waals surface area contributed by atoms with Gasteiger partial charge in [-0.2, -0.15) is 0 Å². The maximum atomic E-state index is 11.5. The second kappa shape index (κ2) is 8.26. The molecule has 6 nitrogen and oxygen atoms in total. The maximum Gasteiger partial charge on any atom is 0.451 e. The van der Waals surface area contributed by atoms with E-state index in [0.717, 1.165) is 19.5 Å². The lowest BCUT2D eigenvalue weighted by Gasteiger charge is -2.31. The lowest BCUT2D eigenvalue weighted by atomic mass is 9.81. The van der Waals surface area contributed by atoms with Crippen molar-refractivity contribution >= 4 is 24.4 Å². The van der Waals surface area contributed by atoms with E-state index in [1.807, 2.05) is 0 Å². The molecule has 0 amide bonds. The minimum atomic E-state index is -1.33. The van der Waals surface area contributed by atoms with Gasteiger partial charge in [0.2, 0.25) is 0 Å². The summed E-state index contributed by atoms with van der Waals surface area (Å²) in [7, 11) is -1.33. The van der Waals surface area contributed by atoms with Gasteiger partial charge < -0.3 is 20.9 Å². The summed E-state index contributed by atoms with van der Waals surface area (Å²) in [5, 5.41) is 29.2. The monoisotopic (exact) mass is 340 g/mol. The normalized spacial score (nSPS) is 17.5. The predicted octanol–water partition coefficient (Wildman–Crippen LogP) is 0.921. The van der Waals surface area contributed by atoms with E-state index in [1.165, 1.54) is 10.4 Å². The fraction of sp³-hybridized carbons (Fsp3) is 0.667. The van der Waals surface area contributed by atoms with Crippen molar-refractivity contribution in [1.29, 1.82) is 0 Å². The fourth-order valence-corrected chi connectivity index (χ4v) is 3.85. The van der Waals surface area contributed by atoms with Crippen LogP contribution in [0.1, 0.15) is 36.1 Å². The topological polar surface area (TPSA) is 107 Å². The number of carboxylic acids is 1. The number of carbonyl (C=O) groups is 1. The first-order valence-corrected chi connectivity index (χ1v) is 8.95. The molecule has 1 aromatic rings. The van der Waals surface area contributed by atoms with Crippen LogP contribution in [0.3, 0.4) is 0 Å². The molecule has 0 aromatic carbocycles. The highest BCUT2D eigenvalue weighted by atomic mass is 32.1. The molecule has 0 fully saturated rings. The van der Waals surface area contributed by atoms with Crippen molar-refractivity contribution in [1.82, 2.24) is 4.90 Å². The lowest BCUT2D eigenvalue weighted by molar-refractivity contribution is -0.144. The van der Waals surface area contributed by atoms with E-state index in [-0.39, 0.29) is 6.32 Å². The molecule has 0 aliphatic carbocycles. The Morgan fingerprint density at radius 2 is 2.17 bits per heavy atom. The van der Waals surface area contributed by atoms with Gasteiger partial charge in [0.15, 0.2) is 0 Å². The van der Waals surface area contributed by atoms with Crippen LogP contribution in [0.2, 0.25) is 6.32 Å². The van der Waals surface area contributed by atoms with Crippen LogP contribution in [0.5, 0.6) is 0 Å². The molecular weight excluding hydrogens is 315 g/mol. The number of fused-ring (bicyclic) bond motifs is 1. The second-order valence-corrected chi connectivity index (χ2v) is 7.33. The van der Waals surface area contributed by atoms with Crippen molar-refractivity contribution in [2.45, 2.75) is 50.5 Å². The van der Waals surface area contributed by atoms with E-state index < -0.39 is 18.6 Å². The van der Waals surface area contributed by atoms with Crippen LogP contribution in [0, 0.1) is 0 Å². The lowest BCUT2D eigenvalue weighted by Crippen LogP contribution is -2.50. The van der Waals surface area contributed by atoms with Gasteiger partial charge in [-0.05, 0) is 42.6 Å². The fourth-order valence-electron chi connectivity index (χ4n) is 2.96. The number of hydrogen-bond acceptors (Lipinski definition) is 6. The summed E-state index contributed by atoms with van der Waals surface area (Å²) in [5.74, 6) is -0.977. The molecular formula is C15H25BN2O4S. The molecule has 2 heterocycles. The van der Waals surface area contributed by atoms with Gasteiger partial charge in [0, 0.05) is 24.5 Å². The van der Waals surface area contributed by atoms with E-state index in [1.54, 1.807) is 11.3 Å². The van der Waals surface area contributed by atoms with E-state index in [4.69, 9.17) is 15.8 Å². The van der Waals surface area contributed by atoms with Gasteiger partial charge in [0.05, 0.1) is 0 Å². The summed E-state index contributed by atoms with van der Waals surface area (Å²) in [5.41, 5.74) is 6.20. The smallest absolute Gasteiger partial charge is 0.451 e. The number of thiophene rings is 1. The van der Waals surface area contributed by atoms with Gasteiger partial charge in [0.25, 0.3) is 0 Å².